The Balaban J connectivity index is 2.11. The van der Waals surface area contributed by atoms with Crippen LogP contribution in [0.1, 0.15) is 11.1 Å². The molecule has 3 nitrogen and oxygen atoms in total. The molecule has 2 rings (SSSR count). The summed E-state index contributed by atoms with van der Waals surface area (Å²) in [6.07, 6.45) is 0.769. The van der Waals surface area contributed by atoms with Gasteiger partial charge in [0.1, 0.15) is 0 Å². The zero-order chi connectivity index (χ0) is 13.7. The first-order chi connectivity index (χ1) is 9.20. The van der Waals surface area contributed by atoms with Gasteiger partial charge in [-0.2, -0.15) is 0 Å². The van der Waals surface area contributed by atoms with Gasteiger partial charge in [-0.3, -0.25) is 0 Å². The Hall–Kier alpha value is -2.00. The van der Waals surface area contributed by atoms with Crippen LogP contribution in [0.3, 0.4) is 0 Å². The first-order valence-corrected chi connectivity index (χ1v) is 6.47. The van der Waals surface area contributed by atoms with Crippen molar-refractivity contribution in [2.24, 2.45) is 0 Å². The average molecular weight is 256 g/mol. The van der Waals surface area contributed by atoms with Crippen LogP contribution in [0.5, 0.6) is 0 Å². The Kier molecular flexibility index (Phi) is 4.42. The second-order valence-corrected chi connectivity index (χ2v) is 4.75. The summed E-state index contributed by atoms with van der Waals surface area (Å²) in [4.78, 5) is 0. The van der Waals surface area contributed by atoms with Crippen molar-refractivity contribution in [1.29, 1.82) is 0 Å². The number of para-hydroxylation sites is 1. The number of nitrogens with two attached hydrogens (primary N) is 1. The summed E-state index contributed by atoms with van der Waals surface area (Å²) in [6.45, 7) is 2.08. The molecule has 0 bridgehead atoms. The fourth-order valence-corrected chi connectivity index (χ4v) is 2.15. The molecule has 0 spiro atoms. The molecule has 2 aromatic carbocycles. The zero-order valence-corrected chi connectivity index (χ0v) is 11.1. The highest BCUT2D eigenvalue weighted by Crippen LogP contribution is 2.23. The van der Waals surface area contributed by atoms with Gasteiger partial charge in [0.15, 0.2) is 0 Å². The molecule has 4 N–H and O–H groups in total. The predicted molar refractivity (Wildman–Crippen MR) is 80.2 cm³/mol. The Morgan fingerprint density at radius 1 is 1.11 bits per heavy atom. The van der Waals surface area contributed by atoms with Gasteiger partial charge in [-0.25, -0.2) is 0 Å². The van der Waals surface area contributed by atoms with E-state index in [1.165, 1.54) is 5.56 Å². The van der Waals surface area contributed by atoms with Crippen LogP contribution in [-0.4, -0.2) is 17.8 Å². The van der Waals surface area contributed by atoms with Crippen molar-refractivity contribution in [3.63, 3.8) is 0 Å². The molecular weight excluding hydrogens is 236 g/mol. The molecule has 0 aromatic heterocycles. The van der Waals surface area contributed by atoms with Gasteiger partial charge < -0.3 is 16.2 Å². The molecule has 0 aliphatic heterocycles. The van der Waals surface area contributed by atoms with E-state index in [0.29, 0.717) is 5.69 Å². The highest BCUT2D eigenvalue weighted by atomic mass is 16.3. The number of nitrogen functional groups attached to an aromatic ring is 1. The van der Waals surface area contributed by atoms with Gasteiger partial charge in [0.25, 0.3) is 0 Å². The molecule has 2 aromatic rings. The monoisotopic (exact) mass is 256 g/mol. The molecule has 0 aliphatic rings. The normalized spacial score (nSPS) is 12.1. The summed E-state index contributed by atoms with van der Waals surface area (Å²) in [5.74, 6) is 0. The van der Waals surface area contributed by atoms with E-state index in [1.54, 1.807) is 0 Å². The molecular formula is C16H20N2O. The lowest BCUT2D eigenvalue weighted by atomic mass is 10.1. The standard InChI is InChI=1S/C16H20N2O/c1-12-6-5-9-15(17)16(12)18-14(11-19)10-13-7-3-2-4-8-13/h2-9,14,18-19H,10-11,17H2,1H3. The van der Waals surface area contributed by atoms with E-state index in [0.717, 1.165) is 17.7 Å². The maximum atomic E-state index is 9.53. The quantitative estimate of drug-likeness (QED) is 0.721. The first kappa shape index (κ1) is 13.4. The SMILES string of the molecule is Cc1cccc(N)c1NC(CO)Cc1ccccc1. The molecule has 0 saturated carbocycles. The summed E-state index contributed by atoms with van der Waals surface area (Å²) >= 11 is 0. The Bertz CT molecular complexity index is 505. The van der Waals surface area contributed by atoms with Crippen LogP contribution in [0.15, 0.2) is 48.5 Å². The summed E-state index contributed by atoms with van der Waals surface area (Å²) in [6, 6.07) is 15.9. The van der Waals surface area contributed by atoms with E-state index in [-0.39, 0.29) is 12.6 Å². The molecule has 19 heavy (non-hydrogen) atoms. The van der Waals surface area contributed by atoms with E-state index >= 15 is 0 Å². The number of rotatable bonds is 5. The van der Waals surface area contributed by atoms with E-state index in [4.69, 9.17) is 5.73 Å². The minimum Gasteiger partial charge on any atom is -0.397 e. The molecule has 0 heterocycles. The lowest BCUT2D eigenvalue weighted by Gasteiger charge is -2.20. The van der Waals surface area contributed by atoms with Crippen LogP contribution in [-0.2, 0) is 6.42 Å². The third kappa shape index (κ3) is 3.48. The fraction of sp³-hybridized carbons (Fsp3) is 0.250. The van der Waals surface area contributed by atoms with Gasteiger partial charge in [0.2, 0.25) is 0 Å². The third-order valence-electron chi connectivity index (χ3n) is 3.20. The predicted octanol–water partition coefficient (Wildman–Crippen LogP) is 2.59. The minimum absolute atomic E-state index is 0.0363. The highest BCUT2D eigenvalue weighted by Gasteiger charge is 2.11. The van der Waals surface area contributed by atoms with Gasteiger partial charge >= 0.3 is 0 Å². The fourth-order valence-electron chi connectivity index (χ4n) is 2.15. The number of hydrogen-bond donors (Lipinski definition) is 3. The zero-order valence-electron chi connectivity index (χ0n) is 11.1. The van der Waals surface area contributed by atoms with E-state index in [9.17, 15) is 5.11 Å². The van der Waals surface area contributed by atoms with Crippen LogP contribution in [0.2, 0.25) is 0 Å². The topological polar surface area (TPSA) is 58.3 Å². The molecule has 3 heteroatoms. The lowest BCUT2D eigenvalue weighted by molar-refractivity contribution is 0.273. The number of nitrogens with one attached hydrogen (secondary N) is 1. The minimum atomic E-state index is -0.0363. The Labute approximate surface area is 114 Å². The lowest BCUT2D eigenvalue weighted by Crippen LogP contribution is -2.27. The maximum absolute atomic E-state index is 9.53. The smallest absolute Gasteiger partial charge is 0.0636 e. The van der Waals surface area contributed by atoms with Crippen LogP contribution < -0.4 is 11.1 Å². The number of aliphatic hydroxyl groups excluding tert-OH is 1. The maximum Gasteiger partial charge on any atom is 0.0636 e. The van der Waals surface area contributed by atoms with Gasteiger partial charge in [0.05, 0.1) is 24.0 Å². The van der Waals surface area contributed by atoms with Gasteiger partial charge in [0, 0.05) is 0 Å². The summed E-state index contributed by atoms with van der Waals surface area (Å²) < 4.78 is 0. The molecule has 0 fully saturated rings. The Morgan fingerprint density at radius 3 is 2.47 bits per heavy atom. The van der Waals surface area contributed by atoms with E-state index in [2.05, 4.69) is 17.4 Å². The summed E-state index contributed by atoms with van der Waals surface area (Å²) in [7, 11) is 0. The molecule has 0 radical (unpaired) electrons. The number of anilines is 2. The van der Waals surface area contributed by atoms with Crippen LogP contribution >= 0.6 is 0 Å². The number of aliphatic hydroxyl groups is 1. The van der Waals surface area contributed by atoms with Crippen LogP contribution in [0, 0.1) is 6.92 Å². The largest absolute Gasteiger partial charge is 0.397 e. The van der Waals surface area contributed by atoms with Crippen LogP contribution in [0.25, 0.3) is 0 Å². The summed E-state index contributed by atoms with van der Waals surface area (Å²) in [5.41, 5.74) is 9.89. The second kappa shape index (κ2) is 6.25. The average Bonchev–Trinajstić information content (AvgIpc) is 2.43. The highest BCUT2D eigenvalue weighted by molar-refractivity contribution is 5.70. The van der Waals surface area contributed by atoms with Crippen molar-refractivity contribution in [2.45, 2.75) is 19.4 Å². The Morgan fingerprint density at radius 2 is 1.84 bits per heavy atom. The van der Waals surface area contributed by atoms with Gasteiger partial charge in [-0.15, -0.1) is 0 Å². The van der Waals surface area contributed by atoms with Crippen molar-refractivity contribution in [3.05, 3.63) is 59.7 Å². The molecule has 1 unspecified atom stereocenters. The molecule has 0 amide bonds. The van der Waals surface area contributed by atoms with Gasteiger partial charge in [-0.05, 0) is 30.5 Å². The number of benzene rings is 2. The van der Waals surface area contributed by atoms with E-state index < -0.39 is 0 Å². The van der Waals surface area contributed by atoms with Crippen molar-refractivity contribution < 1.29 is 5.11 Å². The number of aryl methyl sites for hydroxylation is 1. The van der Waals surface area contributed by atoms with Gasteiger partial charge in [-0.1, -0.05) is 42.5 Å². The molecule has 0 saturated heterocycles. The second-order valence-electron chi connectivity index (χ2n) is 4.75. The van der Waals surface area contributed by atoms with Crippen LogP contribution in [0.4, 0.5) is 11.4 Å². The van der Waals surface area contributed by atoms with Crippen molar-refractivity contribution >= 4 is 11.4 Å². The van der Waals surface area contributed by atoms with Crippen molar-refractivity contribution in [1.82, 2.24) is 0 Å². The summed E-state index contributed by atoms with van der Waals surface area (Å²) in [5, 5.41) is 12.9. The molecule has 100 valence electrons. The molecule has 0 aliphatic carbocycles. The first-order valence-electron chi connectivity index (χ1n) is 6.47. The molecule has 1 atom stereocenters. The van der Waals surface area contributed by atoms with Crippen molar-refractivity contribution in [2.75, 3.05) is 17.7 Å². The number of hydrogen-bond acceptors (Lipinski definition) is 3. The third-order valence-corrected chi connectivity index (χ3v) is 3.20. The van der Waals surface area contributed by atoms with Crippen molar-refractivity contribution in [3.8, 4) is 0 Å². The van der Waals surface area contributed by atoms with E-state index in [1.807, 2.05) is 43.3 Å².